The Kier molecular flexibility index (Phi) is 2.44. The van der Waals surface area contributed by atoms with Crippen LogP contribution in [0.15, 0.2) is 28.7 Å². The topological polar surface area (TPSA) is 48.4 Å². The van der Waals surface area contributed by atoms with Crippen LogP contribution < -0.4 is 5.73 Å². The van der Waals surface area contributed by atoms with Crippen LogP contribution in [0.5, 0.6) is 0 Å². The molecule has 0 radical (unpaired) electrons. The molecule has 1 aromatic heterocycles. The Hall–Kier alpha value is -1.39. The van der Waals surface area contributed by atoms with Crippen LogP contribution >= 0.6 is 0 Å². The standard InChI is InChI=1S/C15H16FNO2/c16-9-1-3-12-8(5-9)6-14(19-12)15(17)11-7-10-2-4-13(11)18-10/h1,3,5-6,10-11,13,15H,2,4,7,17H2. The number of furan rings is 1. The monoisotopic (exact) mass is 261 g/mol. The molecule has 19 heavy (non-hydrogen) atoms. The minimum absolute atomic E-state index is 0.161. The van der Waals surface area contributed by atoms with Gasteiger partial charge in [0.05, 0.1) is 18.2 Å². The first-order chi connectivity index (χ1) is 9.20. The fourth-order valence-electron chi connectivity index (χ4n) is 3.47. The third kappa shape index (κ3) is 1.78. The largest absolute Gasteiger partial charge is 0.459 e. The minimum Gasteiger partial charge on any atom is -0.459 e. The van der Waals surface area contributed by atoms with Crippen LogP contribution in [0.4, 0.5) is 4.39 Å². The van der Waals surface area contributed by atoms with E-state index in [1.54, 1.807) is 6.07 Å². The number of nitrogens with two attached hydrogens (primary N) is 1. The van der Waals surface area contributed by atoms with Crippen LogP contribution in [-0.2, 0) is 4.74 Å². The number of benzene rings is 1. The van der Waals surface area contributed by atoms with Crippen molar-refractivity contribution in [1.82, 2.24) is 0 Å². The molecule has 2 aromatic rings. The fourth-order valence-corrected chi connectivity index (χ4v) is 3.47. The lowest BCUT2D eigenvalue weighted by atomic mass is 9.83. The zero-order valence-electron chi connectivity index (χ0n) is 10.5. The molecule has 1 aromatic carbocycles. The average Bonchev–Trinajstić information content (AvgIpc) is 3.11. The van der Waals surface area contributed by atoms with Gasteiger partial charge in [0, 0.05) is 11.3 Å². The van der Waals surface area contributed by atoms with Gasteiger partial charge in [-0.1, -0.05) is 0 Å². The van der Waals surface area contributed by atoms with E-state index >= 15 is 0 Å². The summed E-state index contributed by atoms with van der Waals surface area (Å²) in [6.45, 7) is 0. The van der Waals surface area contributed by atoms with E-state index in [0.717, 1.165) is 30.4 Å². The SMILES string of the molecule is NC(c1cc2cc(F)ccc2o1)C1CC2CCC1O2. The summed E-state index contributed by atoms with van der Waals surface area (Å²) in [6.07, 6.45) is 3.90. The van der Waals surface area contributed by atoms with Crippen LogP contribution in [0.3, 0.4) is 0 Å². The summed E-state index contributed by atoms with van der Waals surface area (Å²) in [5, 5.41) is 0.773. The van der Waals surface area contributed by atoms with E-state index in [4.69, 9.17) is 14.9 Å². The quantitative estimate of drug-likeness (QED) is 0.903. The molecule has 0 aliphatic carbocycles. The Labute approximate surface area is 110 Å². The van der Waals surface area contributed by atoms with Gasteiger partial charge in [-0.25, -0.2) is 4.39 Å². The van der Waals surface area contributed by atoms with Gasteiger partial charge in [0.25, 0.3) is 0 Å². The van der Waals surface area contributed by atoms with E-state index in [1.807, 2.05) is 6.07 Å². The number of hydrogen-bond acceptors (Lipinski definition) is 3. The van der Waals surface area contributed by atoms with Gasteiger partial charge in [0.1, 0.15) is 17.2 Å². The number of fused-ring (bicyclic) bond motifs is 3. The van der Waals surface area contributed by atoms with Gasteiger partial charge in [-0.15, -0.1) is 0 Å². The van der Waals surface area contributed by atoms with Gasteiger partial charge in [-0.2, -0.15) is 0 Å². The zero-order valence-corrected chi connectivity index (χ0v) is 10.5. The first kappa shape index (κ1) is 11.4. The summed E-state index contributed by atoms with van der Waals surface area (Å²) in [5.74, 6) is 0.808. The third-order valence-electron chi connectivity index (χ3n) is 4.44. The summed E-state index contributed by atoms with van der Waals surface area (Å²) in [5.41, 5.74) is 7.01. The van der Waals surface area contributed by atoms with Crippen LogP contribution in [-0.4, -0.2) is 12.2 Å². The molecule has 4 heteroatoms. The number of ether oxygens (including phenoxy) is 1. The van der Waals surface area contributed by atoms with Crippen LogP contribution in [0.2, 0.25) is 0 Å². The molecule has 2 saturated heterocycles. The Bertz CT molecular complexity index is 624. The molecule has 0 spiro atoms. The van der Waals surface area contributed by atoms with Gasteiger partial charge in [-0.3, -0.25) is 0 Å². The molecule has 2 fully saturated rings. The van der Waals surface area contributed by atoms with Crippen LogP contribution in [0, 0.1) is 11.7 Å². The Morgan fingerprint density at radius 2 is 2.16 bits per heavy atom. The van der Waals surface area contributed by atoms with Crippen molar-refractivity contribution in [2.75, 3.05) is 0 Å². The summed E-state index contributed by atoms with van der Waals surface area (Å²) < 4.78 is 24.8. The van der Waals surface area contributed by atoms with E-state index in [0.29, 0.717) is 17.6 Å². The minimum atomic E-state index is -0.253. The van der Waals surface area contributed by atoms with Crippen molar-refractivity contribution in [1.29, 1.82) is 0 Å². The van der Waals surface area contributed by atoms with E-state index < -0.39 is 0 Å². The Morgan fingerprint density at radius 1 is 1.26 bits per heavy atom. The summed E-state index contributed by atoms with van der Waals surface area (Å²) in [7, 11) is 0. The lowest BCUT2D eigenvalue weighted by Gasteiger charge is -2.23. The van der Waals surface area contributed by atoms with E-state index in [1.165, 1.54) is 12.1 Å². The first-order valence-corrected chi connectivity index (χ1v) is 6.81. The second-order valence-electron chi connectivity index (χ2n) is 5.63. The number of halogens is 1. The van der Waals surface area contributed by atoms with Crippen LogP contribution in [0.1, 0.15) is 31.1 Å². The molecule has 0 saturated carbocycles. The predicted octanol–water partition coefficient (Wildman–Crippen LogP) is 3.14. The molecule has 2 bridgehead atoms. The van der Waals surface area contributed by atoms with Crippen molar-refractivity contribution in [3.63, 3.8) is 0 Å². The lowest BCUT2D eigenvalue weighted by molar-refractivity contribution is 0.0871. The van der Waals surface area contributed by atoms with E-state index in [9.17, 15) is 4.39 Å². The van der Waals surface area contributed by atoms with Crippen LogP contribution in [0.25, 0.3) is 11.0 Å². The molecule has 4 atom stereocenters. The van der Waals surface area contributed by atoms with Crippen molar-refractivity contribution in [3.05, 3.63) is 35.8 Å². The predicted molar refractivity (Wildman–Crippen MR) is 69.1 cm³/mol. The number of rotatable bonds is 2. The molecule has 2 aliphatic rings. The smallest absolute Gasteiger partial charge is 0.134 e. The maximum Gasteiger partial charge on any atom is 0.134 e. The molecule has 2 aliphatic heterocycles. The Balaban J connectivity index is 1.66. The molecule has 3 heterocycles. The van der Waals surface area contributed by atoms with E-state index in [-0.39, 0.29) is 18.0 Å². The average molecular weight is 261 g/mol. The highest BCUT2D eigenvalue weighted by molar-refractivity contribution is 5.78. The number of hydrogen-bond donors (Lipinski definition) is 1. The first-order valence-electron chi connectivity index (χ1n) is 6.81. The van der Waals surface area contributed by atoms with Gasteiger partial charge in [-0.05, 0) is 43.5 Å². The summed E-state index contributed by atoms with van der Waals surface area (Å²) >= 11 is 0. The summed E-state index contributed by atoms with van der Waals surface area (Å²) in [4.78, 5) is 0. The van der Waals surface area contributed by atoms with Crippen molar-refractivity contribution >= 4 is 11.0 Å². The molecular formula is C15H16FNO2. The molecule has 100 valence electrons. The van der Waals surface area contributed by atoms with Crippen molar-refractivity contribution in [2.24, 2.45) is 11.7 Å². The second kappa shape index (κ2) is 4.05. The van der Waals surface area contributed by atoms with Crippen molar-refractivity contribution < 1.29 is 13.5 Å². The fraction of sp³-hybridized carbons (Fsp3) is 0.467. The maximum atomic E-state index is 13.2. The van der Waals surface area contributed by atoms with Gasteiger partial charge >= 0.3 is 0 Å². The molecule has 2 N–H and O–H groups in total. The highest BCUT2D eigenvalue weighted by atomic mass is 19.1. The highest BCUT2D eigenvalue weighted by Crippen LogP contribution is 2.44. The Morgan fingerprint density at radius 3 is 2.89 bits per heavy atom. The van der Waals surface area contributed by atoms with Gasteiger partial charge in [0.2, 0.25) is 0 Å². The highest BCUT2D eigenvalue weighted by Gasteiger charge is 2.44. The summed E-state index contributed by atoms with van der Waals surface area (Å²) in [6, 6.07) is 6.23. The second-order valence-corrected chi connectivity index (χ2v) is 5.63. The molecule has 0 amide bonds. The van der Waals surface area contributed by atoms with E-state index in [2.05, 4.69) is 0 Å². The van der Waals surface area contributed by atoms with Crippen molar-refractivity contribution in [3.8, 4) is 0 Å². The molecule has 4 rings (SSSR count). The molecular weight excluding hydrogens is 245 g/mol. The van der Waals surface area contributed by atoms with Gasteiger partial charge < -0.3 is 14.9 Å². The zero-order chi connectivity index (χ0) is 13.0. The normalized spacial score (nSPS) is 31.2. The molecule has 3 nitrogen and oxygen atoms in total. The molecule has 4 unspecified atom stereocenters. The van der Waals surface area contributed by atoms with Gasteiger partial charge in [0.15, 0.2) is 0 Å². The lowest BCUT2D eigenvalue weighted by Crippen LogP contribution is -2.28. The maximum absolute atomic E-state index is 13.2. The third-order valence-corrected chi connectivity index (χ3v) is 4.44. The van der Waals surface area contributed by atoms with Crippen molar-refractivity contribution in [2.45, 2.75) is 37.5 Å².